The van der Waals surface area contributed by atoms with Crippen LogP contribution in [0, 0.1) is 17.0 Å². The van der Waals surface area contributed by atoms with Crippen LogP contribution in [0.3, 0.4) is 0 Å². The number of benzene rings is 2. The standard InChI is InChI=1S/C20H23N3O6S2/c1-15-5-6-18(14-20(15)23(24)25)31(28,29)22-12-9-16-13-17(7-8-19(16)22)30(26,27)21-10-3-2-4-11-21/h5-8,13-14H,2-4,9-12H2,1H3. The van der Waals surface area contributed by atoms with Gasteiger partial charge in [0.2, 0.25) is 10.0 Å². The van der Waals surface area contributed by atoms with Crippen molar-refractivity contribution in [1.29, 1.82) is 0 Å². The lowest BCUT2D eigenvalue weighted by molar-refractivity contribution is -0.385. The average molecular weight is 466 g/mol. The van der Waals surface area contributed by atoms with E-state index in [1.165, 1.54) is 32.9 Å². The normalized spacial score (nSPS) is 17.5. The van der Waals surface area contributed by atoms with Crippen LogP contribution < -0.4 is 4.31 Å². The fraction of sp³-hybridized carbons (Fsp3) is 0.400. The molecule has 166 valence electrons. The molecule has 2 aliphatic rings. The highest BCUT2D eigenvalue weighted by Crippen LogP contribution is 2.36. The van der Waals surface area contributed by atoms with Crippen LogP contribution >= 0.6 is 0 Å². The maximum Gasteiger partial charge on any atom is 0.273 e. The third kappa shape index (κ3) is 3.81. The molecule has 1 saturated heterocycles. The SMILES string of the molecule is Cc1ccc(S(=O)(=O)N2CCc3cc(S(=O)(=O)N4CCCCC4)ccc32)cc1[N+](=O)[O-]. The number of sulfonamides is 2. The Kier molecular flexibility index (Phi) is 5.52. The molecule has 2 aromatic carbocycles. The van der Waals surface area contributed by atoms with E-state index in [4.69, 9.17) is 0 Å². The predicted molar refractivity (Wildman–Crippen MR) is 115 cm³/mol. The molecule has 0 aromatic heterocycles. The first kappa shape index (κ1) is 21.7. The molecule has 0 N–H and O–H groups in total. The van der Waals surface area contributed by atoms with Gasteiger partial charge in [0.15, 0.2) is 0 Å². The number of aryl methyl sites for hydroxylation is 1. The van der Waals surface area contributed by atoms with Gasteiger partial charge in [0.1, 0.15) is 0 Å². The molecule has 4 rings (SSSR count). The Morgan fingerprint density at radius 2 is 1.52 bits per heavy atom. The van der Waals surface area contributed by atoms with Gasteiger partial charge in [-0.25, -0.2) is 16.8 Å². The summed E-state index contributed by atoms with van der Waals surface area (Å²) in [4.78, 5) is 10.6. The van der Waals surface area contributed by atoms with Gasteiger partial charge < -0.3 is 0 Å². The smallest absolute Gasteiger partial charge is 0.266 e. The molecule has 11 heteroatoms. The molecule has 0 saturated carbocycles. The number of piperidine rings is 1. The Labute approximate surface area is 181 Å². The van der Waals surface area contributed by atoms with E-state index in [9.17, 15) is 26.9 Å². The van der Waals surface area contributed by atoms with Crippen LogP contribution in [0.25, 0.3) is 0 Å². The highest BCUT2D eigenvalue weighted by Gasteiger charge is 2.34. The van der Waals surface area contributed by atoms with Gasteiger partial charge in [-0.05, 0) is 56.0 Å². The molecule has 1 fully saturated rings. The summed E-state index contributed by atoms with van der Waals surface area (Å²) < 4.78 is 54.9. The zero-order chi connectivity index (χ0) is 22.4. The van der Waals surface area contributed by atoms with Crippen LogP contribution in [0.1, 0.15) is 30.4 Å². The first-order chi connectivity index (χ1) is 14.6. The molecule has 0 atom stereocenters. The van der Waals surface area contributed by atoms with Gasteiger partial charge in [0.05, 0.1) is 20.4 Å². The lowest BCUT2D eigenvalue weighted by Gasteiger charge is -2.26. The third-order valence-electron chi connectivity index (χ3n) is 5.82. The van der Waals surface area contributed by atoms with E-state index in [0.717, 1.165) is 25.3 Å². The second-order valence-corrected chi connectivity index (χ2v) is 11.6. The first-order valence-corrected chi connectivity index (χ1v) is 12.9. The van der Waals surface area contributed by atoms with Crippen LogP contribution in [0.15, 0.2) is 46.2 Å². The second-order valence-electron chi connectivity index (χ2n) is 7.79. The molecule has 9 nitrogen and oxygen atoms in total. The van der Waals surface area contributed by atoms with Crippen LogP contribution in [-0.4, -0.2) is 45.7 Å². The Balaban J connectivity index is 1.68. The van der Waals surface area contributed by atoms with Crippen molar-refractivity contribution in [1.82, 2.24) is 4.31 Å². The van der Waals surface area contributed by atoms with Crippen LogP contribution in [0.5, 0.6) is 0 Å². The first-order valence-electron chi connectivity index (χ1n) is 10.0. The van der Waals surface area contributed by atoms with Gasteiger partial charge >= 0.3 is 0 Å². The number of fused-ring (bicyclic) bond motifs is 1. The lowest BCUT2D eigenvalue weighted by Crippen LogP contribution is -2.35. The molecule has 0 bridgehead atoms. The van der Waals surface area contributed by atoms with Crippen molar-refractivity contribution in [2.24, 2.45) is 0 Å². The van der Waals surface area contributed by atoms with E-state index in [-0.39, 0.29) is 22.0 Å². The van der Waals surface area contributed by atoms with Crippen molar-refractivity contribution >= 4 is 31.4 Å². The largest absolute Gasteiger partial charge is 0.273 e. The highest BCUT2D eigenvalue weighted by molar-refractivity contribution is 7.92. The summed E-state index contributed by atoms with van der Waals surface area (Å²) in [6, 6.07) is 8.33. The number of hydrogen-bond donors (Lipinski definition) is 0. The summed E-state index contributed by atoms with van der Waals surface area (Å²) in [6.07, 6.45) is 3.05. The number of nitro groups is 1. The van der Waals surface area contributed by atoms with Gasteiger partial charge in [-0.2, -0.15) is 4.31 Å². The number of nitrogens with zero attached hydrogens (tertiary/aromatic N) is 3. The van der Waals surface area contributed by atoms with Gasteiger partial charge in [0.25, 0.3) is 15.7 Å². The van der Waals surface area contributed by atoms with Crippen LogP contribution in [-0.2, 0) is 26.5 Å². The second kappa shape index (κ2) is 7.88. The quantitative estimate of drug-likeness (QED) is 0.495. The zero-order valence-electron chi connectivity index (χ0n) is 17.0. The molecule has 2 aliphatic heterocycles. The van der Waals surface area contributed by atoms with Crippen LogP contribution in [0.4, 0.5) is 11.4 Å². The molecule has 2 aromatic rings. The van der Waals surface area contributed by atoms with Crippen molar-refractivity contribution in [3.8, 4) is 0 Å². The summed E-state index contributed by atoms with van der Waals surface area (Å²) in [6.45, 7) is 2.68. The Bertz CT molecular complexity index is 1250. The monoisotopic (exact) mass is 465 g/mol. The fourth-order valence-corrected chi connectivity index (χ4v) is 7.18. The van der Waals surface area contributed by atoms with Crippen molar-refractivity contribution < 1.29 is 21.8 Å². The maximum atomic E-state index is 13.2. The molecule has 0 unspecified atom stereocenters. The summed E-state index contributed by atoms with van der Waals surface area (Å²) >= 11 is 0. The average Bonchev–Trinajstić information content (AvgIpc) is 3.18. The van der Waals surface area contributed by atoms with Crippen molar-refractivity contribution in [3.63, 3.8) is 0 Å². The summed E-state index contributed by atoms with van der Waals surface area (Å²) in [5, 5.41) is 11.2. The van der Waals surface area contributed by atoms with E-state index in [1.54, 1.807) is 13.0 Å². The lowest BCUT2D eigenvalue weighted by atomic mass is 10.2. The molecule has 0 amide bonds. The zero-order valence-corrected chi connectivity index (χ0v) is 18.7. The Morgan fingerprint density at radius 1 is 0.871 bits per heavy atom. The summed E-state index contributed by atoms with van der Waals surface area (Å²) in [5.41, 5.74) is 1.14. The molecule has 0 aliphatic carbocycles. The number of nitro benzene ring substituents is 1. The third-order valence-corrected chi connectivity index (χ3v) is 9.53. The number of hydrogen-bond acceptors (Lipinski definition) is 6. The topological polar surface area (TPSA) is 118 Å². The van der Waals surface area contributed by atoms with E-state index in [2.05, 4.69) is 0 Å². The number of rotatable bonds is 5. The number of anilines is 1. The maximum absolute atomic E-state index is 13.2. The molecular weight excluding hydrogens is 442 g/mol. The predicted octanol–water partition coefficient (Wildman–Crippen LogP) is 2.83. The van der Waals surface area contributed by atoms with Crippen molar-refractivity contribution in [2.75, 3.05) is 23.9 Å². The molecule has 0 radical (unpaired) electrons. The van der Waals surface area contributed by atoms with Gasteiger partial charge in [-0.1, -0.05) is 12.5 Å². The molecule has 0 spiro atoms. The minimum Gasteiger partial charge on any atom is -0.266 e. The Hall–Kier alpha value is -2.50. The van der Waals surface area contributed by atoms with Crippen molar-refractivity contribution in [3.05, 3.63) is 57.6 Å². The summed E-state index contributed by atoms with van der Waals surface area (Å²) in [5.74, 6) is 0. The minimum absolute atomic E-state index is 0.145. The van der Waals surface area contributed by atoms with Gasteiger partial charge in [-0.15, -0.1) is 0 Å². The van der Waals surface area contributed by atoms with Gasteiger partial charge in [0, 0.05) is 31.3 Å². The molecular formula is C20H23N3O6S2. The minimum atomic E-state index is -4.02. The van der Waals surface area contributed by atoms with E-state index < -0.39 is 25.0 Å². The van der Waals surface area contributed by atoms with Crippen molar-refractivity contribution in [2.45, 2.75) is 42.4 Å². The fourth-order valence-electron chi connectivity index (χ4n) is 4.09. The van der Waals surface area contributed by atoms with E-state index in [0.29, 0.717) is 36.3 Å². The highest BCUT2D eigenvalue weighted by atomic mass is 32.2. The van der Waals surface area contributed by atoms with E-state index in [1.807, 2.05) is 0 Å². The van der Waals surface area contributed by atoms with Gasteiger partial charge in [-0.3, -0.25) is 14.4 Å². The molecule has 31 heavy (non-hydrogen) atoms. The van der Waals surface area contributed by atoms with E-state index >= 15 is 0 Å². The Morgan fingerprint density at radius 3 is 2.19 bits per heavy atom. The van der Waals surface area contributed by atoms with Crippen LogP contribution in [0.2, 0.25) is 0 Å². The summed E-state index contributed by atoms with van der Waals surface area (Å²) in [7, 11) is -7.64. The molecule has 2 heterocycles.